The highest BCUT2D eigenvalue weighted by molar-refractivity contribution is 5.79. The van der Waals surface area contributed by atoms with E-state index >= 15 is 0 Å². The van der Waals surface area contributed by atoms with E-state index in [1.54, 1.807) is 6.33 Å². The van der Waals surface area contributed by atoms with Crippen molar-refractivity contribution >= 4 is 22.9 Å². The van der Waals surface area contributed by atoms with Crippen LogP contribution < -0.4 is 15.6 Å². The Morgan fingerprint density at radius 3 is 2.86 bits per heavy atom. The number of nitrogens with two attached hydrogens (primary N) is 1. The van der Waals surface area contributed by atoms with Crippen LogP contribution in [0, 0.1) is 0 Å². The van der Waals surface area contributed by atoms with Crippen LogP contribution in [0.1, 0.15) is 12.5 Å². The van der Waals surface area contributed by atoms with Crippen molar-refractivity contribution in [3.63, 3.8) is 0 Å². The van der Waals surface area contributed by atoms with Gasteiger partial charge in [-0.1, -0.05) is 35.3 Å². The van der Waals surface area contributed by atoms with E-state index in [0.717, 1.165) is 17.9 Å². The average Bonchev–Trinajstić information content (AvgIpc) is 2.94. The molecule has 4 N–H and O–H groups in total. The third-order valence-electron chi connectivity index (χ3n) is 3.53. The molecular weight excluding hydrogens is 264 g/mol. The van der Waals surface area contributed by atoms with Gasteiger partial charge in [-0.3, -0.25) is 5.32 Å². The van der Waals surface area contributed by atoms with Crippen LogP contribution in [0.5, 0.6) is 0 Å². The summed E-state index contributed by atoms with van der Waals surface area (Å²) in [6.45, 7) is 2.12. The Balaban J connectivity index is 1.82. The predicted octanol–water partition coefficient (Wildman–Crippen LogP) is 1.41. The lowest BCUT2D eigenvalue weighted by molar-refractivity contribution is -0.643. The van der Waals surface area contributed by atoms with Crippen LogP contribution >= 0.6 is 0 Å². The van der Waals surface area contributed by atoms with Crippen LogP contribution in [0.3, 0.4) is 0 Å². The maximum atomic E-state index is 6.10. The summed E-state index contributed by atoms with van der Waals surface area (Å²) in [5.41, 5.74) is 8.78. The summed E-state index contributed by atoms with van der Waals surface area (Å²) in [6, 6.07) is 10.6. The first-order valence-electron chi connectivity index (χ1n) is 6.94. The summed E-state index contributed by atoms with van der Waals surface area (Å²) >= 11 is 0. The Labute approximate surface area is 123 Å². The number of benzene rings is 1. The summed E-state index contributed by atoms with van der Waals surface area (Å²) in [5, 5.41) is 3.40. The van der Waals surface area contributed by atoms with Crippen molar-refractivity contribution in [2.45, 2.75) is 19.4 Å². The summed E-state index contributed by atoms with van der Waals surface area (Å²) in [7, 11) is 1.89. The van der Waals surface area contributed by atoms with Gasteiger partial charge in [0.1, 0.15) is 0 Å². The van der Waals surface area contributed by atoms with E-state index < -0.39 is 0 Å². The van der Waals surface area contributed by atoms with Gasteiger partial charge in [0, 0.05) is 6.42 Å². The van der Waals surface area contributed by atoms with E-state index in [2.05, 4.69) is 39.3 Å². The SMILES string of the molecule is CC(Cc1ccccc1)Nc1nc2nc[nH]c2c(N)[n+]1C. The molecule has 0 saturated heterocycles. The molecule has 0 fully saturated rings. The zero-order valence-corrected chi connectivity index (χ0v) is 12.2. The first kappa shape index (κ1) is 13.4. The van der Waals surface area contributed by atoms with Gasteiger partial charge in [0.25, 0.3) is 0 Å². The van der Waals surface area contributed by atoms with Gasteiger partial charge >= 0.3 is 5.95 Å². The Kier molecular flexibility index (Phi) is 3.43. The summed E-state index contributed by atoms with van der Waals surface area (Å²) in [5.74, 6) is 1.34. The van der Waals surface area contributed by atoms with Crippen LogP contribution in [0.15, 0.2) is 36.7 Å². The predicted molar refractivity (Wildman–Crippen MR) is 82.7 cm³/mol. The third-order valence-corrected chi connectivity index (χ3v) is 3.53. The Morgan fingerprint density at radius 1 is 1.33 bits per heavy atom. The molecule has 0 aliphatic heterocycles. The lowest BCUT2D eigenvalue weighted by Gasteiger charge is -2.12. The monoisotopic (exact) mass is 283 g/mol. The number of anilines is 2. The molecule has 0 amide bonds. The fraction of sp³-hybridized carbons (Fsp3) is 0.267. The normalized spacial score (nSPS) is 12.5. The molecule has 3 aromatic rings. The number of fused-ring (bicyclic) bond motifs is 1. The molecule has 21 heavy (non-hydrogen) atoms. The van der Waals surface area contributed by atoms with Gasteiger partial charge in [-0.15, -0.1) is 0 Å². The molecule has 2 heterocycles. The van der Waals surface area contributed by atoms with Crippen LogP contribution in [0.4, 0.5) is 11.8 Å². The minimum Gasteiger partial charge on any atom is -0.337 e. The second-order valence-corrected chi connectivity index (χ2v) is 5.22. The van der Waals surface area contributed by atoms with E-state index in [0.29, 0.717) is 11.5 Å². The summed E-state index contributed by atoms with van der Waals surface area (Å²) in [6.07, 6.45) is 2.52. The maximum Gasteiger partial charge on any atom is 0.349 e. The van der Waals surface area contributed by atoms with Gasteiger partial charge in [-0.05, 0) is 12.5 Å². The van der Waals surface area contributed by atoms with E-state index in [-0.39, 0.29) is 6.04 Å². The number of aromatic nitrogens is 4. The number of aromatic amines is 1. The number of hydrogen-bond acceptors (Lipinski definition) is 4. The molecule has 0 spiro atoms. The topological polar surface area (TPSA) is 83.5 Å². The van der Waals surface area contributed by atoms with Crippen molar-refractivity contribution in [3.8, 4) is 0 Å². The van der Waals surface area contributed by atoms with Crippen LogP contribution in [0.2, 0.25) is 0 Å². The average molecular weight is 283 g/mol. The first-order chi connectivity index (χ1) is 10.1. The minimum atomic E-state index is 0.238. The molecule has 0 bridgehead atoms. The fourth-order valence-electron chi connectivity index (χ4n) is 2.39. The van der Waals surface area contributed by atoms with E-state index in [1.165, 1.54) is 5.56 Å². The molecule has 0 aliphatic rings. The van der Waals surface area contributed by atoms with Crippen molar-refractivity contribution in [1.29, 1.82) is 0 Å². The van der Waals surface area contributed by atoms with Crippen molar-refractivity contribution < 1.29 is 4.57 Å². The summed E-state index contributed by atoms with van der Waals surface area (Å²) < 4.78 is 1.84. The smallest absolute Gasteiger partial charge is 0.337 e. The van der Waals surface area contributed by atoms with E-state index in [9.17, 15) is 0 Å². The second kappa shape index (κ2) is 5.40. The Hall–Kier alpha value is -2.63. The van der Waals surface area contributed by atoms with Crippen molar-refractivity contribution in [2.75, 3.05) is 11.1 Å². The lowest BCUT2D eigenvalue weighted by Crippen LogP contribution is -2.39. The molecule has 3 rings (SSSR count). The number of H-pyrrole nitrogens is 1. The van der Waals surface area contributed by atoms with Crippen LogP contribution in [0.25, 0.3) is 11.2 Å². The van der Waals surface area contributed by atoms with Gasteiger partial charge in [-0.25, -0.2) is 9.55 Å². The molecule has 1 atom stereocenters. The molecule has 0 radical (unpaired) electrons. The van der Waals surface area contributed by atoms with Crippen molar-refractivity contribution in [1.82, 2.24) is 15.0 Å². The van der Waals surface area contributed by atoms with Crippen LogP contribution in [-0.2, 0) is 13.5 Å². The largest absolute Gasteiger partial charge is 0.349 e. The summed E-state index contributed by atoms with van der Waals surface area (Å²) in [4.78, 5) is 11.7. The van der Waals surface area contributed by atoms with Crippen molar-refractivity contribution in [3.05, 3.63) is 42.2 Å². The Morgan fingerprint density at radius 2 is 2.10 bits per heavy atom. The van der Waals surface area contributed by atoms with E-state index in [1.807, 2.05) is 29.8 Å². The number of nitrogens with one attached hydrogen (secondary N) is 2. The second-order valence-electron chi connectivity index (χ2n) is 5.22. The fourth-order valence-corrected chi connectivity index (χ4v) is 2.39. The molecule has 1 aromatic carbocycles. The highest BCUT2D eigenvalue weighted by atomic mass is 15.2. The number of rotatable bonds is 4. The zero-order chi connectivity index (χ0) is 14.8. The molecule has 6 nitrogen and oxygen atoms in total. The van der Waals surface area contributed by atoms with Crippen molar-refractivity contribution in [2.24, 2.45) is 7.05 Å². The molecule has 0 saturated carbocycles. The lowest BCUT2D eigenvalue weighted by atomic mass is 10.1. The highest BCUT2D eigenvalue weighted by Gasteiger charge is 2.18. The zero-order valence-electron chi connectivity index (χ0n) is 12.2. The van der Waals surface area contributed by atoms with Gasteiger partial charge in [-0.2, -0.15) is 0 Å². The molecule has 1 unspecified atom stereocenters. The highest BCUT2D eigenvalue weighted by Crippen LogP contribution is 2.14. The molecule has 108 valence electrons. The molecular formula is C15H19N6+. The number of nitrogen functional groups attached to an aromatic ring is 1. The Bertz CT molecular complexity index is 749. The number of hydrogen-bond donors (Lipinski definition) is 3. The van der Waals surface area contributed by atoms with Gasteiger partial charge in [0.2, 0.25) is 11.5 Å². The molecule has 6 heteroatoms. The van der Waals surface area contributed by atoms with E-state index in [4.69, 9.17) is 5.73 Å². The van der Waals surface area contributed by atoms with Gasteiger partial charge in [0.15, 0.2) is 5.52 Å². The number of imidazole rings is 1. The molecule has 0 aliphatic carbocycles. The standard InChI is InChI=1S/C15H18N6/c1-10(8-11-6-4-3-5-7-11)19-15-20-14-12(17-9-18-14)13(16)21(15)2/h3-7,9-10H,8H2,1-2H3,(H3,16,17,18,19,20)/p+1. The number of nitrogens with zero attached hydrogens (tertiary/aromatic N) is 3. The molecule has 2 aromatic heterocycles. The van der Waals surface area contributed by atoms with Gasteiger partial charge in [0.05, 0.1) is 19.4 Å². The van der Waals surface area contributed by atoms with Gasteiger partial charge < -0.3 is 10.7 Å². The first-order valence-corrected chi connectivity index (χ1v) is 6.94. The van der Waals surface area contributed by atoms with Crippen LogP contribution in [-0.4, -0.2) is 21.0 Å². The third kappa shape index (κ3) is 2.65. The maximum absolute atomic E-state index is 6.10. The quantitative estimate of drug-likeness (QED) is 0.632. The minimum absolute atomic E-state index is 0.238.